The molecule has 1 aliphatic carbocycles. The van der Waals surface area contributed by atoms with Crippen LogP contribution >= 0.6 is 0 Å². The summed E-state index contributed by atoms with van der Waals surface area (Å²) in [6.07, 6.45) is 5.52. The minimum Gasteiger partial charge on any atom is -0.508 e. The number of anilines is 1. The van der Waals surface area contributed by atoms with Gasteiger partial charge in [0, 0.05) is 12.1 Å². The van der Waals surface area contributed by atoms with E-state index in [1.54, 1.807) is 24.3 Å². The lowest BCUT2D eigenvalue weighted by Crippen LogP contribution is -2.14. The van der Waals surface area contributed by atoms with Gasteiger partial charge in [0.25, 0.3) is 0 Å². The Balaban J connectivity index is 1.84. The summed E-state index contributed by atoms with van der Waals surface area (Å²) in [6, 6.07) is 6.57. The van der Waals surface area contributed by atoms with Crippen molar-refractivity contribution in [2.24, 2.45) is 5.92 Å². The van der Waals surface area contributed by atoms with Crippen LogP contribution in [0.2, 0.25) is 0 Å². The summed E-state index contributed by atoms with van der Waals surface area (Å²) in [6.45, 7) is 0. The normalized spacial score (nSPS) is 16.2. The highest BCUT2D eigenvalue weighted by Gasteiger charge is 2.18. The molecule has 1 aromatic rings. The molecule has 3 nitrogen and oxygen atoms in total. The molecule has 0 bridgehead atoms. The lowest BCUT2D eigenvalue weighted by atomic mass is 10.0. The molecule has 0 saturated heterocycles. The Labute approximate surface area is 95.5 Å². The van der Waals surface area contributed by atoms with Gasteiger partial charge in [-0.15, -0.1) is 0 Å². The third-order valence-electron chi connectivity index (χ3n) is 3.10. The first kappa shape index (κ1) is 11.0. The molecule has 0 heterocycles. The molecule has 0 unspecified atom stereocenters. The lowest BCUT2D eigenvalue weighted by molar-refractivity contribution is -0.117. The van der Waals surface area contributed by atoms with Gasteiger partial charge in [-0.3, -0.25) is 4.79 Å². The molecule has 2 rings (SSSR count). The summed E-state index contributed by atoms with van der Waals surface area (Å²) >= 11 is 0. The highest BCUT2D eigenvalue weighted by Crippen LogP contribution is 2.27. The van der Waals surface area contributed by atoms with Crippen molar-refractivity contribution in [1.82, 2.24) is 0 Å². The van der Waals surface area contributed by atoms with Crippen LogP contribution in [0.1, 0.15) is 32.1 Å². The maximum Gasteiger partial charge on any atom is 0.224 e. The molecular weight excluding hydrogens is 202 g/mol. The van der Waals surface area contributed by atoms with Crippen molar-refractivity contribution >= 4 is 11.6 Å². The summed E-state index contributed by atoms with van der Waals surface area (Å²) in [7, 11) is 0. The summed E-state index contributed by atoms with van der Waals surface area (Å²) < 4.78 is 0. The Bertz CT molecular complexity index is 353. The highest BCUT2D eigenvalue weighted by atomic mass is 16.3. The second kappa shape index (κ2) is 5.01. The lowest BCUT2D eigenvalue weighted by Gasteiger charge is -2.09. The molecular formula is C13H17NO2. The molecule has 1 aliphatic rings. The summed E-state index contributed by atoms with van der Waals surface area (Å²) in [5.74, 6) is 0.864. The Hall–Kier alpha value is -1.51. The third kappa shape index (κ3) is 2.99. The molecule has 86 valence electrons. The first-order chi connectivity index (χ1) is 7.74. The number of carbonyl (C=O) groups is 1. The van der Waals surface area contributed by atoms with Gasteiger partial charge < -0.3 is 10.4 Å². The van der Waals surface area contributed by atoms with E-state index in [1.807, 2.05) is 0 Å². The second-order valence-electron chi connectivity index (χ2n) is 4.45. The van der Waals surface area contributed by atoms with Crippen LogP contribution in [0.4, 0.5) is 5.69 Å². The van der Waals surface area contributed by atoms with Gasteiger partial charge >= 0.3 is 0 Å². The van der Waals surface area contributed by atoms with Gasteiger partial charge in [-0.2, -0.15) is 0 Å². The van der Waals surface area contributed by atoms with Crippen molar-refractivity contribution in [1.29, 1.82) is 0 Å². The van der Waals surface area contributed by atoms with Gasteiger partial charge in [0.1, 0.15) is 5.75 Å². The molecule has 0 radical (unpaired) electrons. The predicted octanol–water partition coefficient (Wildman–Crippen LogP) is 2.91. The topological polar surface area (TPSA) is 49.3 Å². The number of phenols is 1. The summed E-state index contributed by atoms with van der Waals surface area (Å²) in [4.78, 5) is 11.7. The molecule has 0 atom stereocenters. The van der Waals surface area contributed by atoms with Gasteiger partial charge in [-0.05, 0) is 43.0 Å². The monoisotopic (exact) mass is 219 g/mol. The number of amides is 1. The number of hydrogen-bond donors (Lipinski definition) is 2. The van der Waals surface area contributed by atoms with Crippen LogP contribution in [0.3, 0.4) is 0 Å². The van der Waals surface area contributed by atoms with Crippen molar-refractivity contribution in [3.05, 3.63) is 24.3 Å². The quantitative estimate of drug-likeness (QED) is 0.768. The number of aromatic hydroxyl groups is 1. The number of hydrogen-bond acceptors (Lipinski definition) is 2. The summed E-state index contributed by atoms with van der Waals surface area (Å²) in [5, 5.41) is 12.0. The maximum absolute atomic E-state index is 11.7. The van der Waals surface area contributed by atoms with E-state index >= 15 is 0 Å². The number of nitrogens with one attached hydrogen (secondary N) is 1. The highest BCUT2D eigenvalue weighted by molar-refractivity contribution is 5.90. The average molecular weight is 219 g/mol. The minimum atomic E-state index is 0.0811. The zero-order valence-corrected chi connectivity index (χ0v) is 9.28. The Morgan fingerprint density at radius 2 is 1.88 bits per heavy atom. The summed E-state index contributed by atoms with van der Waals surface area (Å²) in [5.41, 5.74) is 0.751. The van der Waals surface area contributed by atoms with E-state index in [4.69, 9.17) is 5.11 Å². The number of phenolic OH excluding ortho intramolecular Hbond substituents is 1. The fourth-order valence-electron chi connectivity index (χ4n) is 2.23. The van der Waals surface area contributed by atoms with Crippen molar-refractivity contribution in [2.45, 2.75) is 32.1 Å². The van der Waals surface area contributed by atoms with E-state index in [-0.39, 0.29) is 11.7 Å². The van der Waals surface area contributed by atoms with Crippen LogP contribution < -0.4 is 5.32 Å². The zero-order valence-electron chi connectivity index (χ0n) is 9.28. The van der Waals surface area contributed by atoms with Crippen LogP contribution in [0.15, 0.2) is 24.3 Å². The number of benzene rings is 1. The number of carbonyl (C=O) groups excluding carboxylic acids is 1. The SMILES string of the molecule is O=C(CC1CCCC1)Nc1ccc(O)cc1. The van der Waals surface area contributed by atoms with E-state index in [0.29, 0.717) is 12.3 Å². The standard InChI is InChI=1S/C13H17NO2/c15-12-7-5-11(6-8-12)14-13(16)9-10-3-1-2-4-10/h5-8,10,15H,1-4,9H2,(H,14,16). The predicted molar refractivity (Wildman–Crippen MR) is 63.3 cm³/mol. The molecule has 1 aromatic carbocycles. The largest absolute Gasteiger partial charge is 0.508 e. The van der Waals surface area contributed by atoms with E-state index in [9.17, 15) is 4.79 Å². The van der Waals surface area contributed by atoms with Crippen LogP contribution in [0.25, 0.3) is 0 Å². The average Bonchev–Trinajstić information content (AvgIpc) is 2.74. The van der Waals surface area contributed by atoms with Gasteiger partial charge in [0.15, 0.2) is 0 Å². The van der Waals surface area contributed by atoms with Crippen LogP contribution in [-0.2, 0) is 4.79 Å². The smallest absolute Gasteiger partial charge is 0.224 e. The Morgan fingerprint density at radius 3 is 2.50 bits per heavy atom. The molecule has 2 N–H and O–H groups in total. The van der Waals surface area contributed by atoms with Gasteiger partial charge in [0.2, 0.25) is 5.91 Å². The minimum absolute atomic E-state index is 0.0811. The molecule has 1 amide bonds. The zero-order chi connectivity index (χ0) is 11.4. The van der Waals surface area contributed by atoms with E-state index in [1.165, 1.54) is 25.7 Å². The maximum atomic E-state index is 11.7. The van der Waals surface area contributed by atoms with E-state index in [0.717, 1.165) is 5.69 Å². The van der Waals surface area contributed by atoms with Gasteiger partial charge in [0.05, 0.1) is 0 Å². The molecule has 3 heteroatoms. The van der Waals surface area contributed by atoms with Crippen molar-refractivity contribution in [3.63, 3.8) is 0 Å². The molecule has 1 saturated carbocycles. The second-order valence-corrected chi connectivity index (χ2v) is 4.45. The molecule has 0 spiro atoms. The molecule has 16 heavy (non-hydrogen) atoms. The van der Waals surface area contributed by atoms with Gasteiger partial charge in [-0.1, -0.05) is 12.8 Å². The first-order valence-corrected chi connectivity index (χ1v) is 5.83. The van der Waals surface area contributed by atoms with Crippen LogP contribution in [0, 0.1) is 5.92 Å². The van der Waals surface area contributed by atoms with E-state index < -0.39 is 0 Å². The van der Waals surface area contributed by atoms with Crippen molar-refractivity contribution < 1.29 is 9.90 Å². The molecule has 0 aromatic heterocycles. The van der Waals surface area contributed by atoms with Crippen molar-refractivity contribution in [2.75, 3.05) is 5.32 Å². The fourth-order valence-corrected chi connectivity index (χ4v) is 2.23. The molecule has 1 fully saturated rings. The van der Waals surface area contributed by atoms with Crippen molar-refractivity contribution in [3.8, 4) is 5.75 Å². The fraction of sp³-hybridized carbons (Fsp3) is 0.462. The Kier molecular flexibility index (Phi) is 3.44. The first-order valence-electron chi connectivity index (χ1n) is 5.83. The third-order valence-corrected chi connectivity index (χ3v) is 3.10. The van der Waals surface area contributed by atoms with Gasteiger partial charge in [-0.25, -0.2) is 0 Å². The van der Waals surface area contributed by atoms with Crippen LogP contribution in [-0.4, -0.2) is 11.0 Å². The molecule has 0 aliphatic heterocycles. The van der Waals surface area contributed by atoms with E-state index in [2.05, 4.69) is 5.32 Å². The van der Waals surface area contributed by atoms with Crippen LogP contribution in [0.5, 0.6) is 5.75 Å². The number of rotatable bonds is 3. The Morgan fingerprint density at radius 1 is 1.25 bits per heavy atom.